The molecule has 1 aromatic carbocycles. The Morgan fingerprint density at radius 2 is 1.96 bits per heavy atom. The van der Waals surface area contributed by atoms with E-state index in [9.17, 15) is 14.4 Å². The Balaban J connectivity index is 1.47. The van der Waals surface area contributed by atoms with Crippen LogP contribution < -0.4 is 16.2 Å². The molecule has 0 saturated carbocycles. The maximum atomic E-state index is 12.2. The van der Waals surface area contributed by atoms with Crippen LogP contribution in [0.25, 0.3) is 10.2 Å². The number of imide groups is 1. The van der Waals surface area contributed by atoms with Crippen molar-refractivity contribution in [3.05, 3.63) is 62.5 Å². The average Bonchev–Trinajstić information content (AvgIpc) is 2.95. The van der Waals surface area contributed by atoms with Gasteiger partial charge < -0.3 is 10.3 Å². The number of aryl methyl sites for hydroxylation is 2. The molecule has 0 bridgehead atoms. The lowest BCUT2D eigenvalue weighted by Crippen LogP contribution is -2.39. The third kappa shape index (κ3) is 4.99. The molecule has 2 aromatic heterocycles. The molecule has 0 spiro atoms. The molecule has 146 valence electrons. The second-order valence-corrected chi connectivity index (χ2v) is 8.37. The van der Waals surface area contributed by atoms with Crippen molar-refractivity contribution < 1.29 is 9.59 Å². The maximum absolute atomic E-state index is 12.2. The van der Waals surface area contributed by atoms with E-state index in [4.69, 9.17) is 0 Å². The molecule has 2 heterocycles. The summed E-state index contributed by atoms with van der Waals surface area (Å²) in [5, 5.41) is 5.55. The van der Waals surface area contributed by atoms with Crippen LogP contribution >= 0.6 is 23.1 Å². The summed E-state index contributed by atoms with van der Waals surface area (Å²) in [6, 6.07) is 8.89. The van der Waals surface area contributed by atoms with Gasteiger partial charge in [-0.2, -0.15) is 0 Å². The minimum absolute atomic E-state index is 0.0863. The number of carbonyl (C=O) groups is 2. The molecule has 28 heavy (non-hydrogen) atoms. The van der Waals surface area contributed by atoms with Gasteiger partial charge in [0.25, 0.3) is 5.56 Å². The zero-order chi connectivity index (χ0) is 20.1. The summed E-state index contributed by atoms with van der Waals surface area (Å²) in [7, 11) is 0. The van der Waals surface area contributed by atoms with Crippen LogP contribution in [0.4, 0.5) is 4.79 Å². The number of hydrogen-bond acceptors (Lipinski definition) is 6. The molecule has 0 fully saturated rings. The normalized spacial score (nSPS) is 10.8. The van der Waals surface area contributed by atoms with Gasteiger partial charge in [-0.25, -0.2) is 9.78 Å². The van der Waals surface area contributed by atoms with E-state index in [0.29, 0.717) is 28.3 Å². The Hall–Kier alpha value is -2.65. The average molecular weight is 417 g/mol. The number of aromatic amines is 1. The van der Waals surface area contributed by atoms with Crippen LogP contribution in [-0.2, 0) is 17.1 Å². The molecule has 0 aliphatic rings. The molecule has 3 aromatic rings. The summed E-state index contributed by atoms with van der Waals surface area (Å²) in [6.07, 6.45) is 0. The van der Waals surface area contributed by atoms with E-state index in [2.05, 4.69) is 20.6 Å². The second kappa shape index (κ2) is 9.03. The Morgan fingerprint density at radius 1 is 1.21 bits per heavy atom. The van der Waals surface area contributed by atoms with Gasteiger partial charge in [-0.15, -0.1) is 23.1 Å². The lowest BCUT2D eigenvalue weighted by molar-refractivity contribution is -0.117. The van der Waals surface area contributed by atoms with Crippen molar-refractivity contribution in [1.82, 2.24) is 20.6 Å². The number of fused-ring (bicyclic) bond motifs is 1. The highest BCUT2D eigenvalue weighted by molar-refractivity contribution is 7.99. The molecule has 9 heteroatoms. The predicted octanol–water partition coefficient (Wildman–Crippen LogP) is 2.86. The molecule has 3 rings (SSSR count). The second-order valence-electron chi connectivity index (χ2n) is 6.19. The van der Waals surface area contributed by atoms with Crippen molar-refractivity contribution >= 4 is 45.3 Å². The molecule has 0 unspecified atom stereocenters. The molecule has 0 aliphatic heterocycles. The Labute approximate surface area is 170 Å². The summed E-state index contributed by atoms with van der Waals surface area (Å²) >= 11 is 2.77. The first-order valence-corrected chi connectivity index (χ1v) is 10.6. The third-order valence-electron chi connectivity index (χ3n) is 4.11. The van der Waals surface area contributed by atoms with Gasteiger partial charge in [-0.3, -0.25) is 14.9 Å². The third-order valence-corrected chi connectivity index (χ3v) is 6.15. The summed E-state index contributed by atoms with van der Waals surface area (Å²) < 4.78 is 0. The van der Waals surface area contributed by atoms with Gasteiger partial charge in [0.2, 0.25) is 5.91 Å². The standard InChI is InChI=1S/C19H20N4O3S2/c1-11-12(2)28-18-16(11)17(25)21-14(22-18)9-27-10-15(24)23-19(26)20-8-13-6-4-3-5-7-13/h3-7H,8-10H2,1-2H3,(H,21,22,25)(H2,20,23,24,26). The lowest BCUT2D eigenvalue weighted by Gasteiger charge is -2.07. The number of H-pyrrole nitrogens is 1. The van der Waals surface area contributed by atoms with Crippen LogP contribution in [0.15, 0.2) is 35.1 Å². The van der Waals surface area contributed by atoms with Crippen LogP contribution in [0, 0.1) is 13.8 Å². The van der Waals surface area contributed by atoms with Gasteiger partial charge in [-0.1, -0.05) is 30.3 Å². The van der Waals surface area contributed by atoms with Crippen LogP contribution in [0.5, 0.6) is 0 Å². The quantitative estimate of drug-likeness (QED) is 0.573. The largest absolute Gasteiger partial charge is 0.334 e. The van der Waals surface area contributed by atoms with Crippen molar-refractivity contribution in [3.8, 4) is 0 Å². The van der Waals surface area contributed by atoms with E-state index in [1.54, 1.807) is 0 Å². The number of rotatable bonds is 6. The molecule has 3 N–H and O–H groups in total. The van der Waals surface area contributed by atoms with E-state index in [1.165, 1.54) is 23.1 Å². The monoisotopic (exact) mass is 416 g/mol. The van der Waals surface area contributed by atoms with Crippen molar-refractivity contribution in [2.75, 3.05) is 5.75 Å². The molecule has 0 aliphatic carbocycles. The van der Waals surface area contributed by atoms with E-state index >= 15 is 0 Å². The van der Waals surface area contributed by atoms with Gasteiger partial charge in [0.05, 0.1) is 16.9 Å². The van der Waals surface area contributed by atoms with Crippen molar-refractivity contribution in [2.45, 2.75) is 26.1 Å². The highest BCUT2D eigenvalue weighted by Crippen LogP contribution is 2.26. The number of aromatic nitrogens is 2. The molecule has 0 saturated heterocycles. The minimum Gasteiger partial charge on any atom is -0.334 e. The van der Waals surface area contributed by atoms with Gasteiger partial charge in [0.1, 0.15) is 10.7 Å². The smallest absolute Gasteiger partial charge is 0.321 e. The molecule has 0 radical (unpaired) electrons. The highest BCUT2D eigenvalue weighted by atomic mass is 32.2. The SMILES string of the molecule is Cc1sc2nc(CSCC(=O)NC(=O)NCc3ccccc3)[nH]c(=O)c2c1C. The molecular formula is C19H20N4O3S2. The number of benzene rings is 1. The maximum Gasteiger partial charge on any atom is 0.321 e. The fourth-order valence-electron chi connectivity index (χ4n) is 2.59. The number of urea groups is 1. The topological polar surface area (TPSA) is 104 Å². The molecular weight excluding hydrogens is 396 g/mol. The number of nitrogens with one attached hydrogen (secondary N) is 3. The first-order chi connectivity index (χ1) is 13.4. The number of nitrogens with zero attached hydrogens (tertiary/aromatic N) is 1. The fourth-order valence-corrected chi connectivity index (χ4v) is 4.33. The lowest BCUT2D eigenvalue weighted by atomic mass is 10.2. The fraction of sp³-hybridized carbons (Fsp3) is 0.263. The molecule has 0 atom stereocenters. The first kappa shape index (κ1) is 20.1. The van der Waals surface area contributed by atoms with Crippen LogP contribution in [-0.4, -0.2) is 27.7 Å². The number of hydrogen-bond donors (Lipinski definition) is 3. The van der Waals surface area contributed by atoms with Crippen molar-refractivity contribution in [3.63, 3.8) is 0 Å². The number of thiophene rings is 1. The van der Waals surface area contributed by atoms with Crippen molar-refractivity contribution in [1.29, 1.82) is 0 Å². The predicted molar refractivity (Wildman–Crippen MR) is 113 cm³/mol. The molecule has 7 nitrogen and oxygen atoms in total. The highest BCUT2D eigenvalue weighted by Gasteiger charge is 2.13. The van der Waals surface area contributed by atoms with E-state index in [0.717, 1.165) is 16.0 Å². The Kier molecular flexibility index (Phi) is 6.48. The number of carbonyl (C=O) groups excluding carboxylic acids is 2. The zero-order valence-corrected chi connectivity index (χ0v) is 17.1. The van der Waals surface area contributed by atoms with Gasteiger partial charge in [0, 0.05) is 11.4 Å². The van der Waals surface area contributed by atoms with Gasteiger partial charge >= 0.3 is 6.03 Å². The Bertz CT molecular complexity index is 1060. The van der Waals surface area contributed by atoms with Crippen LogP contribution in [0.3, 0.4) is 0 Å². The van der Waals surface area contributed by atoms with Gasteiger partial charge in [0.15, 0.2) is 0 Å². The number of amides is 3. The minimum atomic E-state index is -0.535. The van der Waals surface area contributed by atoms with Gasteiger partial charge in [-0.05, 0) is 25.0 Å². The summed E-state index contributed by atoms with van der Waals surface area (Å²) in [6.45, 7) is 4.22. The van der Waals surface area contributed by atoms with E-state index < -0.39 is 11.9 Å². The summed E-state index contributed by atoms with van der Waals surface area (Å²) in [4.78, 5) is 44.9. The zero-order valence-electron chi connectivity index (χ0n) is 15.5. The number of thioether (sulfide) groups is 1. The van der Waals surface area contributed by atoms with Crippen LogP contribution in [0.1, 0.15) is 21.8 Å². The van der Waals surface area contributed by atoms with Crippen molar-refractivity contribution in [2.24, 2.45) is 0 Å². The van der Waals surface area contributed by atoms with Crippen LogP contribution in [0.2, 0.25) is 0 Å². The summed E-state index contributed by atoms with van der Waals surface area (Å²) in [5.41, 5.74) is 1.74. The van der Waals surface area contributed by atoms with E-state index in [-0.39, 0.29) is 11.3 Å². The first-order valence-electron chi connectivity index (χ1n) is 8.62. The Morgan fingerprint density at radius 3 is 2.71 bits per heavy atom. The molecule has 3 amide bonds. The van der Waals surface area contributed by atoms with E-state index in [1.807, 2.05) is 44.2 Å². The summed E-state index contributed by atoms with van der Waals surface area (Å²) in [5.74, 6) is 0.579.